The van der Waals surface area contributed by atoms with Crippen LogP contribution in [0.3, 0.4) is 0 Å². The molecule has 24 heavy (non-hydrogen) atoms. The minimum Gasteiger partial charge on any atom is -0.495 e. The Morgan fingerprint density at radius 3 is 2.25 bits per heavy atom. The van der Waals surface area contributed by atoms with Gasteiger partial charge in [0.15, 0.2) is 6.29 Å². The van der Waals surface area contributed by atoms with E-state index in [2.05, 4.69) is 10.6 Å². The Hall–Kier alpha value is -1.99. The van der Waals surface area contributed by atoms with Crippen molar-refractivity contribution < 1.29 is 23.7 Å². The van der Waals surface area contributed by atoms with Crippen LogP contribution in [-0.4, -0.2) is 45.4 Å². The lowest BCUT2D eigenvalue weighted by atomic mass is 10.2. The van der Waals surface area contributed by atoms with Crippen LogP contribution < -0.4 is 15.4 Å². The van der Waals surface area contributed by atoms with Crippen molar-refractivity contribution in [1.82, 2.24) is 0 Å². The number of carbonyl (C=O) groups is 1. The Kier molecular flexibility index (Phi) is 7.31. The molecule has 0 radical (unpaired) electrons. The molecular weight excluding hydrogens is 312 g/mol. The molecule has 0 aliphatic carbocycles. The van der Waals surface area contributed by atoms with Gasteiger partial charge in [-0.05, 0) is 45.9 Å². The van der Waals surface area contributed by atoms with Gasteiger partial charge in [0.1, 0.15) is 11.4 Å². The number of rotatable bonds is 7. The normalized spacial score (nSPS) is 12.7. The first-order chi connectivity index (χ1) is 11.2. The summed E-state index contributed by atoms with van der Waals surface area (Å²) in [6, 6.07) is 5.28. The van der Waals surface area contributed by atoms with Crippen molar-refractivity contribution in [3.63, 3.8) is 0 Å². The Bertz CT molecular complexity index is 538. The molecule has 0 fully saturated rings. The van der Waals surface area contributed by atoms with Crippen molar-refractivity contribution in [2.45, 2.75) is 45.6 Å². The predicted molar refractivity (Wildman–Crippen MR) is 93.7 cm³/mol. The van der Waals surface area contributed by atoms with Crippen LogP contribution in [0.2, 0.25) is 0 Å². The molecule has 0 heterocycles. The van der Waals surface area contributed by atoms with Crippen molar-refractivity contribution in [2.24, 2.45) is 0 Å². The van der Waals surface area contributed by atoms with Crippen molar-refractivity contribution in [3.8, 4) is 5.75 Å². The third-order valence-corrected chi connectivity index (χ3v) is 3.10. The average Bonchev–Trinajstić information content (AvgIpc) is 2.46. The van der Waals surface area contributed by atoms with E-state index in [0.29, 0.717) is 11.4 Å². The minimum atomic E-state index is -0.578. The molecule has 1 aromatic rings. The second-order valence-electron chi connectivity index (χ2n) is 6.31. The molecule has 0 spiro atoms. The topological polar surface area (TPSA) is 78.0 Å². The van der Waals surface area contributed by atoms with E-state index >= 15 is 0 Å². The van der Waals surface area contributed by atoms with Gasteiger partial charge in [0.25, 0.3) is 0 Å². The highest BCUT2D eigenvalue weighted by atomic mass is 16.7. The Morgan fingerprint density at radius 2 is 1.75 bits per heavy atom. The van der Waals surface area contributed by atoms with E-state index in [1.807, 2.05) is 13.0 Å². The van der Waals surface area contributed by atoms with E-state index in [0.717, 1.165) is 5.69 Å². The molecule has 0 aliphatic heterocycles. The summed E-state index contributed by atoms with van der Waals surface area (Å²) >= 11 is 0. The van der Waals surface area contributed by atoms with Crippen LogP contribution in [0, 0.1) is 0 Å². The first-order valence-corrected chi connectivity index (χ1v) is 7.70. The molecule has 0 aromatic heterocycles. The second kappa shape index (κ2) is 8.75. The molecule has 1 amide bonds. The summed E-state index contributed by atoms with van der Waals surface area (Å²) in [5.41, 5.74) is 0.718. The third-order valence-electron chi connectivity index (χ3n) is 3.10. The average molecular weight is 340 g/mol. The van der Waals surface area contributed by atoms with E-state index in [1.165, 1.54) is 7.11 Å². The smallest absolute Gasteiger partial charge is 0.412 e. The van der Waals surface area contributed by atoms with Gasteiger partial charge in [-0.1, -0.05) is 0 Å². The standard InChI is InChI=1S/C17H28N2O5/c1-11(15(22-6)23-7)18-12-8-9-14(21-5)13(10-12)19-16(20)24-17(2,3)4/h8-11,15,18H,1-7H3,(H,19,20). The van der Waals surface area contributed by atoms with E-state index in [-0.39, 0.29) is 6.04 Å². The molecule has 1 aromatic carbocycles. The summed E-state index contributed by atoms with van der Waals surface area (Å²) in [7, 11) is 4.70. The van der Waals surface area contributed by atoms with Crippen LogP contribution >= 0.6 is 0 Å². The molecule has 0 aliphatic rings. The lowest BCUT2D eigenvalue weighted by Crippen LogP contribution is -2.33. The Balaban J connectivity index is 2.90. The largest absolute Gasteiger partial charge is 0.495 e. The number of ether oxygens (including phenoxy) is 4. The summed E-state index contributed by atoms with van der Waals surface area (Å²) < 4.78 is 21.0. The number of hydrogen-bond acceptors (Lipinski definition) is 6. The number of benzene rings is 1. The molecule has 0 saturated carbocycles. The Morgan fingerprint density at radius 1 is 1.12 bits per heavy atom. The second-order valence-corrected chi connectivity index (χ2v) is 6.31. The van der Waals surface area contributed by atoms with Gasteiger partial charge in [-0.15, -0.1) is 0 Å². The molecule has 2 N–H and O–H groups in total. The summed E-state index contributed by atoms with van der Waals surface area (Å²) in [5, 5.41) is 5.96. The van der Waals surface area contributed by atoms with Gasteiger partial charge in [0.05, 0.1) is 18.8 Å². The van der Waals surface area contributed by atoms with Crippen LogP contribution in [0.1, 0.15) is 27.7 Å². The zero-order valence-corrected chi connectivity index (χ0v) is 15.4. The fourth-order valence-corrected chi connectivity index (χ4v) is 2.14. The number of anilines is 2. The maximum Gasteiger partial charge on any atom is 0.412 e. The zero-order chi connectivity index (χ0) is 18.3. The van der Waals surface area contributed by atoms with E-state index in [1.54, 1.807) is 47.1 Å². The zero-order valence-electron chi connectivity index (χ0n) is 15.4. The molecule has 136 valence electrons. The van der Waals surface area contributed by atoms with Gasteiger partial charge in [-0.3, -0.25) is 5.32 Å². The van der Waals surface area contributed by atoms with Gasteiger partial charge in [-0.2, -0.15) is 0 Å². The molecule has 7 heteroatoms. The van der Waals surface area contributed by atoms with Crippen molar-refractivity contribution in [1.29, 1.82) is 0 Å². The van der Waals surface area contributed by atoms with Crippen molar-refractivity contribution in [2.75, 3.05) is 32.0 Å². The molecule has 0 saturated heterocycles. The first kappa shape index (κ1) is 20.1. The van der Waals surface area contributed by atoms with E-state index < -0.39 is 18.0 Å². The van der Waals surface area contributed by atoms with E-state index in [4.69, 9.17) is 18.9 Å². The molecule has 1 unspecified atom stereocenters. The fourth-order valence-electron chi connectivity index (χ4n) is 2.14. The summed E-state index contributed by atoms with van der Waals surface area (Å²) in [6.45, 7) is 7.35. The number of nitrogens with one attached hydrogen (secondary N) is 2. The SMILES string of the molecule is COc1ccc(NC(C)C(OC)OC)cc1NC(=O)OC(C)(C)C. The first-order valence-electron chi connectivity index (χ1n) is 7.70. The molecule has 1 rings (SSSR count). The third kappa shape index (κ3) is 6.25. The lowest BCUT2D eigenvalue weighted by molar-refractivity contribution is -0.109. The maximum atomic E-state index is 12.0. The number of methoxy groups -OCH3 is 3. The van der Waals surface area contributed by atoms with Crippen LogP contribution in [0.15, 0.2) is 18.2 Å². The fraction of sp³-hybridized carbons (Fsp3) is 0.588. The lowest BCUT2D eigenvalue weighted by Gasteiger charge is -2.24. The minimum absolute atomic E-state index is 0.0947. The Labute approximate surface area is 143 Å². The number of carbonyl (C=O) groups excluding carboxylic acids is 1. The van der Waals surface area contributed by atoms with Crippen LogP contribution in [0.25, 0.3) is 0 Å². The van der Waals surface area contributed by atoms with Gasteiger partial charge in [0.2, 0.25) is 0 Å². The maximum absolute atomic E-state index is 12.0. The molecule has 7 nitrogen and oxygen atoms in total. The molecule has 1 atom stereocenters. The van der Waals surface area contributed by atoms with Crippen molar-refractivity contribution >= 4 is 17.5 Å². The van der Waals surface area contributed by atoms with Crippen LogP contribution in [0.5, 0.6) is 5.75 Å². The van der Waals surface area contributed by atoms with Gasteiger partial charge < -0.3 is 24.3 Å². The van der Waals surface area contributed by atoms with Crippen LogP contribution in [-0.2, 0) is 14.2 Å². The van der Waals surface area contributed by atoms with Gasteiger partial charge >= 0.3 is 6.09 Å². The van der Waals surface area contributed by atoms with Gasteiger partial charge in [-0.25, -0.2) is 4.79 Å². The summed E-state index contributed by atoms with van der Waals surface area (Å²) in [5.74, 6) is 0.536. The monoisotopic (exact) mass is 340 g/mol. The summed E-state index contributed by atoms with van der Waals surface area (Å²) in [4.78, 5) is 12.0. The highest BCUT2D eigenvalue weighted by molar-refractivity contribution is 5.88. The quantitative estimate of drug-likeness (QED) is 0.740. The van der Waals surface area contributed by atoms with Gasteiger partial charge in [0, 0.05) is 19.9 Å². The van der Waals surface area contributed by atoms with Crippen molar-refractivity contribution in [3.05, 3.63) is 18.2 Å². The predicted octanol–water partition coefficient (Wildman–Crippen LogP) is 3.46. The highest BCUT2D eigenvalue weighted by Gasteiger charge is 2.19. The molecular formula is C17H28N2O5. The van der Waals surface area contributed by atoms with E-state index in [9.17, 15) is 4.79 Å². The van der Waals surface area contributed by atoms with Crippen LogP contribution in [0.4, 0.5) is 16.2 Å². The summed E-state index contributed by atoms with van der Waals surface area (Å²) in [6.07, 6.45) is -0.938. The number of hydrogen-bond donors (Lipinski definition) is 2. The number of amides is 1. The highest BCUT2D eigenvalue weighted by Crippen LogP contribution is 2.29. The molecule has 0 bridgehead atoms.